The van der Waals surface area contributed by atoms with Gasteiger partial charge < -0.3 is 14.6 Å². The van der Waals surface area contributed by atoms with Gasteiger partial charge in [0.2, 0.25) is 0 Å². The maximum atomic E-state index is 5.02. The molecule has 2 heterocycles. The van der Waals surface area contributed by atoms with Crippen molar-refractivity contribution in [3.8, 4) is 0 Å². The maximum absolute atomic E-state index is 5.02. The van der Waals surface area contributed by atoms with Crippen LogP contribution >= 0.6 is 11.3 Å². The number of aromatic nitrogens is 2. The van der Waals surface area contributed by atoms with Crippen LogP contribution in [0.4, 0.5) is 0 Å². The fourth-order valence-electron chi connectivity index (χ4n) is 2.00. The van der Waals surface area contributed by atoms with Crippen LogP contribution in [0, 0.1) is 0 Å². The fraction of sp³-hybridized carbons (Fsp3) is 0.500. The van der Waals surface area contributed by atoms with E-state index >= 15 is 0 Å². The lowest BCUT2D eigenvalue weighted by atomic mass is 10.2. The first-order chi connectivity index (χ1) is 9.35. The van der Waals surface area contributed by atoms with Crippen molar-refractivity contribution in [3.05, 3.63) is 40.1 Å². The predicted octanol–water partition coefficient (Wildman–Crippen LogP) is 2.29. The number of hydrogen-bond acceptors (Lipinski definition) is 4. The Morgan fingerprint density at radius 2 is 2.37 bits per heavy atom. The van der Waals surface area contributed by atoms with Gasteiger partial charge in [0.15, 0.2) is 0 Å². The average molecular weight is 279 g/mol. The summed E-state index contributed by atoms with van der Waals surface area (Å²) in [5, 5.41) is 5.52. The third-order valence-electron chi connectivity index (χ3n) is 3.12. The van der Waals surface area contributed by atoms with E-state index in [0.29, 0.717) is 0 Å². The number of nitrogens with one attached hydrogen (secondary N) is 1. The molecule has 2 aromatic rings. The summed E-state index contributed by atoms with van der Waals surface area (Å²) in [5.74, 6) is 0. The number of rotatable bonds is 8. The first-order valence-corrected chi connectivity index (χ1v) is 7.47. The number of ether oxygens (including phenoxy) is 1. The molecule has 0 aromatic carbocycles. The minimum atomic E-state index is 0.735. The minimum absolute atomic E-state index is 0.735. The van der Waals surface area contributed by atoms with E-state index in [2.05, 4.69) is 33.2 Å². The molecule has 1 N–H and O–H groups in total. The van der Waals surface area contributed by atoms with Gasteiger partial charge in [0.05, 0.1) is 25.2 Å². The highest BCUT2D eigenvalue weighted by Gasteiger charge is 2.06. The number of methoxy groups -OCH3 is 1. The topological polar surface area (TPSA) is 39.1 Å². The Hall–Kier alpha value is -1.17. The van der Waals surface area contributed by atoms with E-state index in [1.165, 1.54) is 16.1 Å². The van der Waals surface area contributed by atoms with Gasteiger partial charge in [0.25, 0.3) is 0 Å². The summed E-state index contributed by atoms with van der Waals surface area (Å²) in [4.78, 5) is 5.68. The molecule has 4 nitrogen and oxygen atoms in total. The highest BCUT2D eigenvalue weighted by atomic mass is 32.1. The zero-order valence-corrected chi connectivity index (χ0v) is 12.4. The van der Waals surface area contributed by atoms with Gasteiger partial charge in [0, 0.05) is 31.3 Å². The first kappa shape index (κ1) is 14.2. The van der Waals surface area contributed by atoms with Crippen LogP contribution < -0.4 is 5.32 Å². The molecular formula is C14H21N3OS. The SMILES string of the molecule is CCc1ccsc1Cn1cncc1CNCCOC. The molecule has 104 valence electrons. The van der Waals surface area contributed by atoms with E-state index in [0.717, 1.165) is 32.7 Å². The fourth-order valence-corrected chi connectivity index (χ4v) is 2.98. The lowest BCUT2D eigenvalue weighted by molar-refractivity contribution is 0.199. The van der Waals surface area contributed by atoms with Crippen LogP contribution in [0.1, 0.15) is 23.1 Å². The zero-order valence-electron chi connectivity index (χ0n) is 11.6. The van der Waals surface area contributed by atoms with Gasteiger partial charge in [-0.25, -0.2) is 4.98 Å². The standard InChI is InChI=1S/C14H21N3OS/c1-3-12-4-7-19-14(12)10-17-11-16-9-13(17)8-15-5-6-18-2/h4,7,9,11,15H,3,5-6,8,10H2,1-2H3. The molecule has 0 fully saturated rings. The van der Waals surface area contributed by atoms with Gasteiger partial charge in [-0.1, -0.05) is 6.92 Å². The maximum Gasteiger partial charge on any atom is 0.0952 e. The second kappa shape index (κ2) is 7.43. The summed E-state index contributed by atoms with van der Waals surface area (Å²) in [6.07, 6.45) is 4.93. The van der Waals surface area contributed by atoms with Gasteiger partial charge in [-0.05, 0) is 23.4 Å². The molecular weight excluding hydrogens is 258 g/mol. The lowest BCUT2D eigenvalue weighted by Gasteiger charge is -2.09. The van der Waals surface area contributed by atoms with Gasteiger partial charge in [-0.3, -0.25) is 0 Å². The highest BCUT2D eigenvalue weighted by Crippen LogP contribution is 2.19. The van der Waals surface area contributed by atoms with Crippen molar-refractivity contribution < 1.29 is 4.74 Å². The molecule has 2 aromatic heterocycles. The average Bonchev–Trinajstić information content (AvgIpc) is 3.04. The number of imidazole rings is 1. The van der Waals surface area contributed by atoms with Crippen LogP contribution in [-0.2, 0) is 24.2 Å². The molecule has 0 spiro atoms. The van der Waals surface area contributed by atoms with E-state index < -0.39 is 0 Å². The van der Waals surface area contributed by atoms with E-state index in [9.17, 15) is 0 Å². The molecule has 19 heavy (non-hydrogen) atoms. The first-order valence-electron chi connectivity index (χ1n) is 6.59. The van der Waals surface area contributed by atoms with E-state index in [1.807, 2.05) is 23.9 Å². The summed E-state index contributed by atoms with van der Waals surface area (Å²) in [7, 11) is 1.72. The van der Waals surface area contributed by atoms with E-state index in [4.69, 9.17) is 4.74 Å². The Labute approximate surface area is 118 Å². The summed E-state index contributed by atoms with van der Waals surface area (Å²) in [6, 6.07) is 2.22. The summed E-state index contributed by atoms with van der Waals surface area (Å²) >= 11 is 1.82. The van der Waals surface area contributed by atoms with Crippen LogP contribution in [0.5, 0.6) is 0 Å². The van der Waals surface area contributed by atoms with Crippen molar-refractivity contribution in [2.75, 3.05) is 20.3 Å². The van der Waals surface area contributed by atoms with Crippen LogP contribution in [0.25, 0.3) is 0 Å². The molecule has 0 aliphatic carbocycles. The number of thiophene rings is 1. The molecule has 0 saturated carbocycles. The van der Waals surface area contributed by atoms with Gasteiger partial charge >= 0.3 is 0 Å². The quantitative estimate of drug-likeness (QED) is 0.754. The van der Waals surface area contributed by atoms with Crippen molar-refractivity contribution >= 4 is 11.3 Å². The van der Waals surface area contributed by atoms with Crippen LogP contribution in [0.2, 0.25) is 0 Å². The molecule has 0 unspecified atom stereocenters. The summed E-state index contributed by atoms with van der Waals surface area (Å²) in [6.45, 7) is 5.55. The van der Waals surface area contributed by atoms with Crippen molar-refractivity contribution in [1.82, 2.24) is 14.9 Å². The van der Waals surface area contributed by atoms with Gasteiger partial charge in [-0.15, -0.1) is 11.3 Å². The Morgan fingerprint density at radius 3 is 3.16 bits per heavy atom. The minimum Gasteiger partial charge on any atom is -0.383 e. The summed E-state index contributed by atoms with van der Waals surface area (Å²) < 4.78 is 7.24. The summed E-state index contributed by atoms with van der Waals surface area (Å²) in [5.41, 5.74) is 2.66. The normalized spacial score (nSPS) is 11.1. The predicted molar refractivity (Wildman–Crippen MR) is 78.6 cm³/mol. The van der Waals surface area contributed by atoms with E-state index in [1.54, 1.807) is 7.11 Å². The lowest BCUT2D eigenvalue weighted by Crippen LogP contribution is -2.20. The molecule has 0 aliphatic rings. The molecule has 0 aliphatic heterocycles. The van der Waals surface area contributed by atoms with Gasteiger partial charge in [-0.2, -0.15) is 0 Å². The molecule has 0 bridgehead atoms. The third kappa shape index (κ3) is 3.89. The highest BCUT2D eigenvalue weighted by molar-refractivity contribution is 7.10. The monoisotopic (exact) mass is 279 g/mol. The Bertz CT molecular complexity index is 492. The molecule has 5 heteroatoms. The number of hydrogen-bond donors (Lipinski definition) is 1. The van der Waals surface area contributed by atoms with Crippen molar-refractivity contribution in [3.63, 3.8) is 0 Å². The van der Waals surface area contributed by atoms with Crippen molar-refractivity contribution in [2.24, 2.45) is 0 Å². The second-order valence-corrected chi connectivity index (χ2v) is 5.41. The van der Waals surface area contributed by atoms with E-state index in [-0.39, 0.29) is 0 Å². The zero-order chi connectivity index (χ0) is 13.5. The third-order valence-corrected chi connectivity index (χ3v) is 4.07. The number of nitrogens with zero attached hydrogens (tertiary/aromatic N) is 2. The largest absolute Gasteiger partial charge is 0.383 e. The van der Waals surface area contributed by atoms with Crippen molar-refractivity contribution in [2.45, 2.75) is 26.4 Å². The molecule has 0 saturated heterocycles. The molecule has 2 rings (SSSR count). The van der Waals surface area contributed by atoms with Gasteiger partial charge in [0.1, 0.15) is 0 Å². The Kier molecular flexibility index (Phi) is 5.57. The molecule has 0 radical (unpaired) electrons. The second-order valence-electron chi connectivity index (χ2n) is 4.41. The van der Waals surface area contributed by atoms with Crippen LogP contribution in [-0.4, -0.2) is 29.8 Å². The van der Waals surface area contributed by atoms with Crippen molar-refractivity contribution in [1.29, 1.82) is 0 Å². The smallest absolute Gasteiger partial charge is 0.0952 e. The molecule has 0 amide bonds. The number of aryl methyl sites for hydroxylation is 1. The Morgan fingerprint density at radius 1 is 1.47 bits per heavy atom. The van der Waals surface area contributed by atoms with Crippen LogP contribution in [0.15, 0.2) is 24.0 Å². The van der Waals surface area contributed by atoms with Crippen LogP contribution in [0.3, 0.4) is 0 Å². The Balaban J connectivity index is 1.95. The molecule has 0 atom stereocenters.